The van der Waals surface area contributed by atoms with Crippen LogP contribution in [0, 0.1) is 0 Å². The van der Waals surface area contributed by atoms with Gasteiger partial charge < -0.3 is 20.9 Å². The molecule has 3 aromatic rings. The van der Waals surface area contributed by atoms with Gasteiger partial charge in [-0.15, -0.1) is 0 Å². The van der Waals surface area contributed by atoms with Gasteiger partial charge in [-0.25, -0.2) is 4.98 Å². The molecule has 1 aromatic carbocycles. The van der Waals surface area contributed by atoms with E-state index in [9.17, 15) is 0 Å². The molecule has 4 rings (SSSR count). The minimum Gasteiger partial charge on any atom is -0.368 e. The molecule has 166 valence electrons. The minimum atomic E-state index is 0.327. The summed E-state index contributed by atoms with van der Waals surface area (Å²) in [5.41, 5.74) is 9.13. The predicted octanol–water partition coefficient (Wildman–Crippen LogP) is 4.52. The molecule has 1 fully saturated rings. The number of hydrogen-bond donors (Lipinski definition) is 3. The number of fused-ring (bicyclic) bond motifs is 1. The maximum atomic E-state index is 6.08. The molecule has 1 aliphatic carbocycles. The van der Waals surface area contributed by atoms with E-state index < -0.39 is 0 Å². The molecule has 0 spiro atoms. The van der Waals surface area contributed by atoms with E-state index in [1.807, 2.05) is 12.4 Å². The van der Waals surface area contributed by atoms with Crippen LogP contribution in [0.4, 0.5) is 11.8 Å². The van der Waals surface area contributed by atoms with Gasteiger partial charge in [0.25, 0.3) is 0 Å². The van der Waals surface area contributed by atoms with E-state index in [1.54, 1.807) is 0 Å². The zero-order valence-corrected chi connectivity index (χ0v) is 18.7. The number of anilines is 2. The van der Waals surface area contributed by atoms with E-state index in [-0.39, 0.29) is 0 Å². The van der Waals surface area contributed by atoms with Crippen molar-refractivity contribution in [1.82, 2.24) is 19.5 Å². The average molecular weight is 422 g/mol. The Labute approximate surface area is 184 Å². The van der Waals surface area contributed by atoms with E-state index in [2.05, 4.69) is 53.3 Å². The SMILES string of the molecule is CCC(CC)n1cnc2c(NCCc3ccccc3)nc(N[C@H]3CC[C@H](N)CC3)nc21. The maximum absolute atomic E-state index is 6.08. The van der Waals surface area contributed by atoms with E-state index in [4.69, 9.17) is 20.7 Å². The molecule has 0 aliphatic heterocycles. The monoisotopic (exact) mass is 421 g/mol. The topological polar surface area (TPSA) is 93.7 Å². The van der Waals surface area contributed by atoms with Gasteiger partial charge in [0, 0.05) is 24.7 Å². The molecule has 0 unspecified atom stereocenters. The number of imidazole rings is 1. The third-order valence-corrected chi connectivity index (χ3v) is 6.41. The second kappa shape index (κ2) is 10.1. The largest absolute Gasteiger partial charge is 0.368 e. The molecular formula is C24H35N7. The molecule has 31 heavy (non-hydrogen) atoms. The standard InChI is InChI=1S/C24H35N7/c1-3-20(4-2)31-16-27-21-22(26-15-14-17-8-6-5-7-9-17)29-24(30-23(21)31)28-19-12-10-18(25)11-13-19/h5-9,16,18-20H,3-4,10-15,25H2,1-2H3,(H2,26,28,29,30)/t18-,19-. The van der Waals surface area contributed by atoms with Crippen LogP contribution in [0.25, 0.3) is 11.2 Å². The summed E-state index contributed by atoms with van der Waals surface area (Å²) in [5.74, 6) is 1.49. The zero-order valence-electron chi connectivity index (χ0n) is 18.7. The van der Waals surface area contributed by atoms with Crippen LogP contribution in [0.3, 0.4) is 0 Å². The molecule has 1 saturated carbocycles. The lowest BCUT2D eigenvalue weighted by Gasteiger charge is -2.27. The second-order valence-electron chi connectivity index (χ2n) is 8.61. The summed E-state index contributed by atoms with van der Waals surface area (Å²) in [6.07, 6.45) is 9.17. The number of aromatic nitrogens is 4. The highest BCUT2D eigenvalue weighted by Gasteiger charge is 2.21. The van der Waals surface area contributed by atoms with E-state index in [0.717, 1.165) is 68.5 Å². The lowest BCUT2D eigenvalue weighted by molar-refractivity contribution is 0.410. The van der Waals surface area contributed by atoms with Crippen LogP contribution in [0.5, 0.6) is 0 Å². The summed E-state index contributed by atoms with van der Waals surface area (Å²) in [4.78, 5) is 14.4. The van der Waals surface area contributed by atoms with Gasteiger partial charge in [-0.2, -0.15) is 9.97 Å². The summed E-state index contributed by atoms with van der Waals surface area (Å²) in [6, 6.07) is 11.6. The Morgan fingerprint density at radius 1 is 1.06 bits per heavy atom. The average Bonchev–Trinajstić information content (AvgIpc) is 3.21. The fourth-order valence-corrected chi connectivity index (χ4v) is 4.47. The maximum Gasteiger partial charge on any atom is 0.227 e. The van der Waals surface area contributed by atoms with Crippen molar-refractivity contribution in [2.45, 2.75) is 76.9 Å². The van der Waals surface area contributed by atoms with Crippen molar-refractivity contribution in [2.75, 3.05) is 17.2 Å². The van der Waals surface area contributed by atoms with Crippen LogP contribution in [-0.2, 0) is 6.42 Å². The third kappa shape index (κ3) is 5.15. The van der Waals surface area contributed by atoms with Crippen molar-refractivity contribution >= 4 is 22.9 Å². The van der Waals surface area contributed by atoms with Gasteiger partial charge in [0.1, 0.15) is 0 Å². The van der Waals surface area contributed by atoms with E-state index in [0.29, 0.717) is 24.1 Å². The number of nitrogens with two attached hydrogens (primary N) is 1. The molecule has 0 radical (unpaired) electrons. The number of nitrogens with one attached hydrogen (secondary N) is 2. The number of hydrogen-bond acceptors (Lipinski definition) is 6. The summed E-state index contributed by atoms with van der Waals surface area (Å²) in [7, 11) is 0. The van der Waals surface area contributed by atoms with Crippen molar-refractivity contribution in [1.29, 1.82) is 0 Å². The van der Waals surface area contributed by atoms with Crippen molar-refractivity contribution < 1.29 is 0 Å². The first kappa shape index (κ1) is 21.6. The summed E-state index contributed by atoms with van der Waals surface area (Å²) in [6.45, 7) is 5.22. The summed E-state index contributed by atoms with van der Waals surface area (Å²) < 4.78 is 2.21. The van der Waals surface area contributed by atoms with Gasteiger partial charge in [0.15, 0.2) is 17.0 Å². The fourth-order valence-electron chi connectivity index (χ4n) is 4.47. The normalized spacial score (nSPS) is 19.1. The van der Waals surface area contributed by atoms with Gasteiger partial charge in [0.2, 0.25) is 5.95 Å². The quantitative estimate of drug-likeness (QED) is 0.470. The molecule has 1 aliphatic rings. The lowest BCUT2D eigenvalue weighted by Crippen LogP contribution is -2.33. The molecule has 2 heterocycles. The number of nitrogens with zero attached hydrogens (tertiary/aromatic N) is 4. The van der Waals surface area contributed by atoms with Crippen LogP contribution >= 0.6 is 0 Å². The first-order chi connectivity index (χ1) is 15.2. The second-order valence-corrected chi connectivity index (χ2v) is 8.61. The zero-order chi connectivity index (χ0) is 21.6. The molecule has 2 aromatic heterocycles. The molecule has 7 heteroatoms. The van der Waals surface area contributed by atoms with Crippen molar-refractivity contribution in [2.24, 2.45) is 5.73 Å². The summed E-state index contributed by atoms with van der Waals surface area (Å²) >= 11 is 0. The van der Waals surface area contributed by atoms with E-state index >= 15 is 0 Å². The van der Waals surface area contributed by atoms with Crippen LogP contribution in [0.2, 0.25) is 0 Å². The highest BCUT2D eigenvalue weighted by atomic mass is 15.2. The molecular weight excluding hydrogens is 386 g/mol. The Balaban J connectivity index is 1.59. The first-order valence-corrected chi connectivity index (χ1v) is 11.7. The molecule has 0 saturated heterocycles. The van der Waals surface area contributed by atoms with Crippen LogP contribution in [0.1, 0.15) is 64.0 Å². The van der Waals surface area contributed by atoms with Gasteiger partial charge in [-0.05, 0) is 50.5 Å². The Morgan fingerprint density at radius 3 is 2.52 bits per heavy atom. The molecule has 7 nitrogen and oxygen atoms in total. The van der Waals surface area contributed by atoms with E-state index in [1.165, 1.54) is 5.56 Å². The summed E-state index contributed by atoms with van der Waals surface area (Å²) in [5, 5.41) is 7.10. The van der Waals surface area contributed by atoms with Crippen LogP contribution < -0.4 is 16.4 Å². The van der Waals surface area contributed by atoms with Crippen molar-refractivity contribution in [3.05, 3.63) is 42.2 Å². The predicted molar refractivity (Wildman–Crippen MR) is 127 cm³/mol. The molecule has 4 N–H and O–H groups in total. The highest BCUT2D eigenvalue weighted by Crippen LogP contribution is 2.27. The van der Waals surface area contributed by atoms with Gasteiger partial charge in [-0.3, -0.25) is 0 Å². The Hall–Kier alpha value is -2.67. The number of rotatable bonds is 9. The van der Waals surface area contributed by atoms with Crippen LogP contribution in [0.15, 0.2) is 36.7 Å². The molecule has 0 bridgehead atoms. The fraction of sp³-hybridized carbons (Fsp3) is 0.542. The number of benzene rings is 1. The van der Waals surface area contributed by atoms with Gasteiger partial charge in [-0.1, -0.05) is 44.2 Å². The molecule has 0 amide bonds. The smallest absolute Gasteiger partial charge is 0.227 e. The van der Waals surface area contributed by atoms with Gasteiger partial charge in [0.05, 0.1) is 6.33 Å². The van der Waals surface area contributed by atoms with Crippen molar-refractivity contribution in [3.8, 4) is 0 Å². The minimum absolute atomic E-state index is 0.327. The highest BCUT2D eigenvalue weighted by molar-refractivity contribution is 5.84. The Morgan fingerprint density at radius 2 is 1.81 bits per heavy atom. The Kier molecular flexibility index (Phi) is 7.02. The van der Waals surface area contributed by atoms with Crippen molar-refractivity contribution in [3.63, 3.8) is 0 Å². The Bertz CT molecular complexity index is 957. The lowest BCUT2D eigenvalue weighted by atomic mass is 9.92. The first-order valence-electron chi connectivity index (χ1n) is 11.7. The molecule has 0 atom stereocenters. The third-order valence-electron chi connectivity index (χ3n) is 6.41. The van der Waals surface area contributed by atoms with Gasteiger partial charge >= 0.3 is 0 Å². The van der Waals surface area contributed by atoms with Crippen LogP contribution in [-0.4, -0.2) is 38.1 Å².